The molecule has 146 valence electrons. The summed E-state index contributed by atoms with van der Waals surface area (Å²) < 4.78 is 2.02. The first-order chi connectivity index (χ1) is 13.4. The first kappa shape index (κ1) is 20.0. The second-order valence-electron chi connectivity index (χ2n) is 6.40. The van der Waals surface area contributed by atoms with Gasteiger partial charge in [-0.25, -0.2) is 4.79 Å². The van der Waals surface area contributed by atoms with E-state index in [1.54, 1.807) is 0 Å². The molecule has 0 fully saturated rings. The lowest BCUT2D eigenvalue weighted by atomic mass is 10.2. The smallest absolute Gasteiger partial charge is 0.311 e. The second-order valence-corrected chi connectivity index (χ2v) is 8.60. The fourth-order valence-electron chi connectivity index (χ4n) is 2.44. The minimum atomic E-state index is -0.551. The molecule has 2 aromatic heterocycles. The Kier molecular flexibility index (Phi) is 6.42. The van der Waals surface area contributed by atoms with Gasteiger partial charge in [-0.3, -0.25) is 19.1 Å². The third kappa shape index (κ3) is 5.17. The molecule has 1 aromatic carbocycles. The van der Waals surface area contributed by atoms with E-state index < -0.39 is 11.2 Å². The summed E-state index contributed by atoms with van der Waals surface area (Å²) in [7, 11) is 0. The van der Waals surface area contributed by atoms with Crippen molar-refractivity contribution in [1.29, 1.82) is 0 Å². The second kappa shape index (κ2) is 8.98. The minimum Gasteiger partial charge on any atom is -0.311 e. The van der Waals surface area contributed by atoms with Gasteiger partial charge in [0.15, 0.2) is 4.34 Å². The highest BCUT2D eigenvalue weighted by Gasteiger charge is 2.13. The van der Waals surface area contributed by atoms with Crippen molar-refractivity contribution in [2.75, 3.05) is 11.1 Å². The van der Waals surface area contributed by atoms with Gasteiger partial charge in [-0.1, -0.05) is 67.3 Å². The van der Waals surface area contributed by atoms with Crippen molar-refractivity contribution >= 4 is 34.8 Å². The third-order valence-corrected chi connectivity index (χ3v) is 5.71. The van der Waals surface area contributed by atoms with Gasteiger partial charge in [0.2, 0.25) is 5.91 Å². The zero-order chi connectivity index (χ0) is 20.1. The van der Waals surface area contributed by atoms with Crippen LogP contribution in [0.15, 0.2) is 50.3 Å². The van der Waals surface area contributed by atoms with Crippen molar-refractivity contribution in [2.24, 2.45) is 5.92 Å². The SMILES string of the molecule is CC(C)Cn1c(NC(=O)CSc2nnc(-c3ccccc3)s2)cc(=O)[nH]c1=O. The maximum Gasteiger partial charge on any atom is 0.329 e. The Labute approximate surface area is 169 Å². The predicted molar refractivity (Wildman–Crippen MR) is 111 cm³/mol. The Morgan fingerprint density at radius 3 is 2.71 bits per heavy atom. The van der Waals surface area contributed by atoms with Gasteiger partial charge in [-0.05, 0) is 5.92 Å². The molecule has 0 aliphatic carbocycles. The fraction of sp³-hybridized carbons (Fsp3) is 0.278. The summed E-state index contributed by atoms with van der Waals surface area (Å²) >= 11 is 2.65. The summed E-state index contributed by atoms with van der Waals surface area (Å²) in [5.41, 5.74) is -0.122. The molecular weight excluding hydrogens is 398 g/mol. The molecule has 0 aliphatic rings. The molecule has 0 aliphatic heterocycles. The topological polar surface area (TPSA) is 110 Å². The van der Waals surface area contributed by atoms with Gasteiger partial charge >= 0.3 is 5.69 Å². The Morgan fingerprint density at radius 1 is 1.25 bits per heavy atom. The summed E-state index contributed by atoms with van der Waals surface area (Å²) in [6.45, 7) is 4.27. The van der Waals surface area contributed by atoms with Crippen molar-refractivity contribution in [1.82, 2.24) is 19.7 Å². The van der Waals surface area contributed by atoms with Crippen molar-refractivity contribution in [2.45, 2.75) is 24.7 Å². The average molecular weight is 418 g/mol. The number of aromatic nitrogens is 4. The van der Waals surface area contributed by atoms with Crippen LogP contribution in [0.4, 0.5) is 5.82 Å². The number of carbonyl (C=O) groups is 1. The molecule has 0 radical (unpaired) electrons. The highest BCUT2D eigenvalue weighted by atomic mass is 32.2. The number of hydrogen-bond donors (Lipinski definition) is 2. The van der Waals surface area contributed by atoms with Crippen LogP contribution in [-0.4, -0.2) is 31.4 Å². The number of hydrogen-bond acceptors (Lipinski definition) is 7. The molecule has 0 saturated heterocycles. The van der Waals surface area contributed by atoms with Crippen LogP contribution in [0.2, 0.25) is 0 Å². The number of anilines is 1. The molecule has 0 bridgehead atoms. The van der Waals surface area contributed by atoms with E-state index in [1.807, 2.05) is 44.2 Å². The van der Waals surface area contributed by atoms with Crippen molar-refractivity contribution < 1.29 is 4.79 Å². The van der Waals surface area contributed by atoms with E-state index in [1.165, 1.54) is 33.7 Å². The highest BCUT2D eigenvalue weighted by Crippen LogP contribution is 2.29. The number of benzene rings is 1. The molecule has 0 spiro atoms. The van der Waals surface area contributed by atoms with E-state index in [9.17, 15) is 14.4 Å². The van der Waals surface area contributed by atoms with Gasteiger partial charge in [0.05, 0.1) is 5.75 Å². The van der Waals surface area contributed by atoms with Crippen molar-refractivity contribution in [3.05, 3.63) is 57.2 Å². The van der Waals surface area contributed by atoms with Crippen LogP contribution in [0.3, 0.4) is 0 Å². The highest BCUT2D eigenvalue weighted by molar-refractivity contribution is 8.01. The molecule has 10 heteroatoms. The quantitative estimate of drug-likeness (QED) is 0.572. The number of thioether (sulfide) groups is 1. The maximum atomic E-state index is 12.3. The molecule has 28 heavy (non-hydrogen) atoms. The Bertz CT molecular complexity index is 1070. The Morgan fingerprint density at radius 2 is 2.00 bits per heavy atom. The maximum absolute atomic E-state index is 12.3. The van der Waals surface area contributed by atoms with E-state index >= 15 is 0 Å². The average Bonchev–Trinajstić information content (AvgIpc) is 3.12. The molecule has 1 amide bonds. The molecule has 0 unspecified atom stereocenters. The van der Waals surface area contributed by atoms with Crippen molar-refractivity contribution in [3.63, 3.8) is 0 Å². The minimum absolute atomic E-state index is 0.0894. The van der Waals surface area contributed by atoms with Crippen LogP contribution in [0, 0.1) is 5.92 Å². The van der Waals surface area contributed by atoms with E-state index in [-0.39, 0.29) is 23.4 Å². The number of aromatic amines is 1. The molecule has 0 saturated carbocycles. The van der Waals surface area contributed by atoms with Gasteiger partial charge in [0, 0.05) is 18.2 Å². The molecule has 3 aromatic rings. The van der Waals surface area contributed by atoms with Gasteiger partial charge < -0.3 is 5.32 Å². The lowest BCUT2D eigenvalue weighted by Gasteiger charge is -2.14. The number of rotatable bonds is 7. The summed E-state index contributed by atoms with van der Waals surface area (Å²) in [5.74, 6) is 0.122. The van der Waals surface area contributed by atoms with Crippen LogP contribution in [-0.2, 0) is 11.3 Å². The largest absolute Gasteiger partial charge is 0.329 e. The zero-order valence-corrected chi connectivity index (χ0v) is 17.0. The lowest BCUT2D eigenvalue weighted by Crippen LogP contribution is -2.34. The summed E-state index contributed by atoms with van der Waals surface area (Å²) in [6, 6.07) is 10.9. The summed E-state index contributed by atoms with van der Waals surface area (Å²) in [6.07, 6.45) is 0. The van der Waals surface area contributed by atoms with Crippen LogP contribution in [0.1, 0.15) is 13.8 Å². The first-order valence-corrected chi connectivity index (χ1v) is 10.4. The molecular formula is C18H19N5O3S2. The van der Waals surface area contributed by atoms with E-state index in [0.29, 0.717) is 10.9 Å². The number of H-pyrrole nitrogens is 1. The fourth-order valence-corrected chi connectivity index (χ4v) is 4.10. The normalized spacial score (nSPS) is 11.0. The van der Waals surface area contributed by atoms with Gasteiger partial charge in [0.25, 0.3) is 5.56 Å². The monoisotopic (exact) mass is 417 g/mol. The van der Waals surface area contributed by atoms with Gasteiger partial charge in [-0.15, -0.1) is 10.2 Å². The molecule has 0 atom stereocenters. The molecule has 2 heterocycles. The van der Waals surface area contributed by atoms with Crippen LogP contribution >= 0.6 is 23.1 Å². The lowest BCUT2D eigenvalue weighted by molar-refractivity contribution is -0.113. The van der Waals surface area contributed by atoms with E-state index in [2.05, 4.69) is 20.5 Å². The summed E-state index contributed by atoms with van der Waals surface area (Å²) in [4.78, 5) is 38.2. The number of nitrogens with zero attached hydrogens (tertiary/aromatic N) is 3. The van der Waals surface area contributed by atoms with Gasteiger partial charge in [0.1, 0.15) is 10.8 Å². The predicted octanol–water partition coefficient (Wildman–Crippen LogP) is 2.44. The first-order valence-electron chi connectivity index (χ1n) is 8.58. The molecule has 3 rings (SSSR count). The van der Waals surface area contributed by atoms with Crippen LogP contribution in [0.25, 0.3) is 10.6 Å². The van der Waals surface area contributed by atoms with Crippen molar-refractivity contribution in [3.8, 4) is 10.6 Å². The Balaban J connectivity index is 1.66. The Hall–Kier alpha value is -2.72. The number of nitrogens with one attached hydrogen (secondary N) is 2. The molecule has 8 nitrogen and oxygen atoms in total. The van der Waals surface area contributed by atoms with Crippen LogP contribution in [0.5, 0.6) is 0 Å². The van der Waals surface area contributed by atoms with Gasteiger partial charge in [-0.2, -0.15) is 0 Å². The van der Waals surface area contributed by atoms with E-state index in [4.69, 9.17) is 0 Å². The molecule has 2 N–H and O–H groups in total. The standard InChI is InChI=1S/C18H19N5O3S2/c1-11(2)9-23-13(8-14(24)20-17(23)26)19-15(25)10-27-18-22-21-16(28-18)12-6-4-3-5-7-12/h3-8,11H,9-10H2,1-2H3,(H,19,25)(H,20,24,26). The van der Waals surface area contributed by atoms with Crippen LogP contribution < -0.4 is 16.6 Å². The van der Waals surface area contributed by atoms with E-state index in [0.717, 1.165) is 10.6 Å². The summed E-state index contributed by atoms with van der Waals surface area (Å²) in [5, 5.41) is 11.7. The number of carbonyl (C=O) groups excluding carboxylic acids is 1. The number of amides is 1. The zero-order valence-electron chi connectivity index (χ0n) is 15.3. The third-order valence-electron chi connectivity index (χ3n) is 3.60.